The third-order valence-corrected chi connectivity index (χ3v) is 5.43. The lowest BCUT2D eigenvalue weighted by molar-refractivity contribution is -0.105. The van der Waals surface area contributed by atoms with E-state index in [9.17, 15) is 4.79 Å². The first-order valence-electron chi connectivity index (χ1n) is 8.14. The largest absolute Gasteiger partial charge is 0.321 e. The minimum Gasteiger partial charge on any atom is -0.321 e. The Balaban J connectivity index is 0.000000188. The summed E-state index contributed by atoms with van der Waals surface area (Å²) >= 11 is 1.61. The van der Waals surface area contributed by atoms with Crippen molar-refractivity contribution in [3.05, 3.63) is 11.1 Å². The van der Waals surface area contributed by atoms with Crippen LogP contribution in [0.15, 0.2) is 6.20 Å². The number of nitrogens with zero attached hydrogens (tertiary/aromatic N) is 2. The summed E-state index contributed by atoms with van der Waals surface area (Å²) in [6.45, 7) is 0. The average molecular weight is 320 g/mol. The minimum atomic E-state index is 0.500. The molecule has 2 fully saturated rings. The van der Waals surface area contributed by atoms with Crippen molar-refractivity contribution in [3.8, 4) is 6.19 Å². The highest BCUT2D eigenvalue weighted by atomic mass is 32.1. The van der Waals surface area contributed by atoms with Gasteiger partial charge in [-0.25, -0.2) is 4.98 Å². The molecular weight excluding hydrogens is 296 g/mol. The molecule has 2 aliphatic rings. The second-order valence-corrected chi connectivity index (χ2v) is 6.96. The molecule has 6 heteroatoms. The predicted octanol–water partition coefficient (Wildman–Crippen LogP) is 3.76. The predicted molar refractivity (Wildman–Crippen MR) is 88.6 cm³/mol. The summed E-state index contributed by atoms with van der Waals surface area (Å²) in [7, 11) is 0. The van der Waals surface area contributed by atoms with E-state index in [0.717, 1.165) is 5.13 Å². The number of carbonyl (C=O) groups excluding carboxylic acids is 1. The van der Waals surface area contributed by atoms with Crippen LogP contribution in [0.25, 0.3) is 0 Å². The molecule has 2 N–H and O–H groups in total. The second-order valence-electron chi connectivity index (χ2n) is 5.90. The van der Waals surface area contributed by atoms with E-state index in [1.54, 1.807) is 11.3 Å². The fourth-order valence-corrected chi connectivity index (χ4v) is 4.08. The number of carbonyl (C=O) groups is 1. The van der Waals surface area contributed by atoms with Gasteiger partial charge in [0.2, 0.25) is 6.41 Å². The topological polar surface area (TPSA) is 77.8 Å². The number of anilines is 1. The highest BCUT2D eigenvalue weighted by molar-refractivity contribution is 7.15. The summed E-state index contributed by atoms with van der Waals surface area (Å²) in [6, 6.07) is 0.500. The zero-order valence-electron chi connectivity index (χ0n) is 12.9. The van der Waals surface area contributed by atoms with Gasteiger partial charge in [0.05, 0.1) is 0 Å². The van der Waals surface area contributed by atoms with E-state index in [-0.39, 0.29) is 0 Å². The van der Waals surface area contributed by atoms with Gasteiger partial charge in [0.15, 0.2) is 11.3 Å². The second kappa shape index (κ2) is 9.42. The summed E-state index contributed by atoms with van der Waals surface area (Å²) in [5.74, 6) is 0.684. The van der Waals surface area contributed by atoms with Crippen molar-refractivity contribution in [2.75, 3.05) is 5.32 Å². The fourth-order valence-electron chi connectivity index (χ4n) is 3.14. The van der Waals surface area contributed by atoms with Crippen LogP contribution in [0.4, 0.5) is 5.13 Å². The molecule has 0 radical (unpaired) electrons. The normalized spacial score (nSPS) is 18.9. The van der Waals surface area contributed by atoms with Gasteiger partial charge in [0.25, 0.3) is 0 Å². The fraction of sp³-hybridized carbons (Fsp3) is 0.688. The van der Waals surface area contributed by atoms with Crippen molar-refractivity contribution in [2.45, 2.75) is 69.7 Å². The molecule has 2 aliphatic carbocycles. The number of rotatable bonds is 4. The first kappa shape index (κ1) is 16.8. The lowest BCUT2D eigenvalue weighted by Gasteiger charge is -2.19. The molecule has 0 saturated heterocycles. The zero-order chi connectivity index (χ0) is 15.6. The Morgan fingerprint density at radius 1 is 1.18 bits per heavy atom. The lowest BCUT2D eigenvalue weighted by atomic mass is 9.89. The molecule has 22 heavy (non-hydrogen) atoms. The number of nitrogens with one attached hydrogen (secondary N) is 2. The number of nitriles is 1. The molecule has 0 bridgehead atoms. The molecule has 0 unspecified atom stereocenters. The van der Waals surface area contributed by atoms with E-state index in [2.05, 4.69) is 15.6 Å². The van der Waals surface area contributed by atoms with Crippen molar-refractivity contribution in [1.29, 1.82) is 5.26 Å². The Kier molecular flexibility index (Phi) is 7.17. The van der Waals surface area contributed by atoms with Crippen LogP contribution in [0.3, 0.4) is 0 Å². The molecule has 3 rings (SSSR count). The molecule has 120 valence electrons. The first-order valence-corrected chi connectivity index (χ1v) is 8.95. The van der Waals surface area contributed by atoms with E-state index in [1.165, 1.54) is 62.7 Å². The minimum absolute atomic E-state index is 0.500. The standard InChI is InChI=1S/C10H14N2OS.C6H10N2/c13-7-12-10-11-6-9(14-10)8-4-2-1-3-5-8;7-5-8-6-3-1-2-4-6/h6-8H,1-5H2,(H,11,12,13);6,8H,1-4H2. The van der Waals surface area contributed by atoms with Gasteiger partial charge in [-0.1, -0.05) is 32.1 Å². The van der Waals surface area contributed by atoms with Gasteiger partial charge in [-0.05, 0) is 31.6 Å². The average Bonchev–Trinajstić information content (AvgIpc) is 3.22. The van der Waals surface area contributed by atoms with Gasteiger partial charge in [0, 0.05) is 17.1 Å². The Labute approximate surface area is 136 Å². The van der Waals surface area contributed by atoms with Crippen molar-refractivity contribution in [2.24, 2.45) is 0 Å². The van der Waals surface area contributed by atoms with Crippen molar-refractivity contribution in [3.63, 3.8) is 0 Å². The summed E-state index contributed by atoms with van der Waals surface area (Å²) < 4.78 is 0. The van der Waals surface area contributed by atoms with Gasteiger partial charge >= 0.3 is 0 Å². The SMILES string of the molecule is N#CNC1CCCC1.O=CNc1ncc(C2CCCCC2)s1. The Morgan fingerprint density at radius 3 is 2.50 bits per heavy atom. The molecule has 1 aromatic rings. The van der Waals surface area contributed by atoms with Gasteiger partial charge in [0.1, 0.15) is 0 Å². The van der Waals surface area contributed by atoms with Crippen LogP contribution in [-0.2, 0) is 4.79 Å². The number of amides is 1. The van der Waals surface area contributed by atoms with Crippen LogP contribution in [0.5, 0.6) is 0 Å². The van der Waals surface area contributed by atoms with Crippen LogP contribution in [0, 0.1) is 11.5 Å². The van der Waals surface area contributed by atoms with Crippen LogP contribution in [0.1, 0.15) is 68.6 Å². The third kappa shape index (κ3) is 5.30. The van der Waals surface area contributed by atoms with Crippen LogP contribution < -0.4 is 10.6 Å². The van der Waals surface area contributed by atoms with Gasteiger partial charge in [-0.2, -0.15) is 5.26 Å². The monoisotopic (exact) mass is 320 g/mol. The number of aromatic nitrogens is 1. The summed E-state index contributed by atoms with van der Waals surface area (Å²) in [6.07, 6.45) is 16.1. The summed E-state index contributed by atoms with van der Waals surface area (Å²) in [5.41, 5.74) is 0. The van der Waals surface area contributed by atoms with Crippen LogP contribution >= 0.6 is 11.3 Å². The maximum Gasteiger partial charge on any atom is 0.213 e. The molecule has 1 amide bonds. The van der Waals surface area contributed by atoms with E-state index >= 15 is 0 Å². The molecule has 0 spiro atoms. The number of thiazole rings is 1. The molecule has 0 atom stereocenters. The van der Waals surface area contributed by atoms with Crippen LogP contribution in [0.2, 0.25) is 0 Å². The highest BCUT2D eigenvalue weighted by Crippen LogP contribution is 2.36. The van der Waals surface area contributed by atoms with Crippen molar-refractivity contribution < 1.29 is 4.79 Å². The maximum absolute atomic E-state index is 10.2. The van der Waals surface area contributed by atoms with Gasteiger partial charge in [-0.3, -0.25) is 4.79 Å². The molecule has 0 aromatic carbocycles. The maximum atomic E-state index is 10.2. The highest BCUT2D eigenvalue weighted by Gasteiger charge is 2.17. The summed E-state index contributed by atoms with van der Waals surface area (Å²) in [4.78, 5) is 15.7. The number of hydrogen-bond acceptors (Lipinski definition) is 5. The quantitative estimate of drug-likeness (QED) is 0.503. The zero-order valence-corrected chi connectivity index (χ0v) is 13.7. The Hall–Kier alpha value is -1.61. The lowest BCUT2D eigenvalue weighted by Crippen LogP contribution is -2.19. The first-order chi connectivity index (χ1) is 10.8. The molecule has 1 heterocycles. The smallest absolute Gasteiger partial charge is 0.213 e. The summed E-state index contributed by atoms with van der Waals surface area (Å²) in [5, 5.41) is 14.2. The number of hydrogen-bond donors (Lipinski definition) is 2. The molecule has 0 aliphatic heterocycles. The van der Waals surface area contributed by atoms with E-state index in [1.807, 2.05) is 12.4 Å². The van der Waals surface area contributed by atoms with Crippen LogP contribution in [-0.4, -0.2) is 17.4 Å². The van der Waals surface area contributed by atoms with Crippen molar-refractivity contribution >= 4 is 22.9 Å². The molecule has 5 nitrogen and oxygen atoms in total. The third-order valence-electron chi connectivity index (χ3n) is 4.34. The van der Waals surface area contributed by atoms with Gasteiger partial charge in [-0.15, -0.1) is 11.3 Å². The molecule has 2 saturated carbocycles. The Morgan fingerprint density at radius 2 is 1.86 bits per heavy atom. The van der Waals surface area contributed by atoms with Gasteiger partial charge < -0.3 is 10.6 Å². The van der Waals surface area contributed by atoms with Crippen molar-refractivity contribution in [1.82, 2.24) is 10.3 Å². The van der Waals surface area contributed by atoms with E-state index < -0.39 is 0 Å². The van der Waals surface area contributed by atoms with E-state index in [4.69, 9.17) is 5.26 Å². The Bertz CT molecular complexity index is 485. The molecule has 1 aromatic heterocycles. The molecular formula is C16H24N4OS. The van der Waals surface area contributed by atoms with E-state index in [0.29, 0.717) is 18.4 Å².